The summed E-state index contributed by atoms with van der Waals surface area (Å²) in [7, 11) is 0. The van der Waals surface area contributed by atoms with Crippen molar-refractivity contribution < 1.29 is 9.90 Å². The van der Waals surface area contributed by atoms with E-state index in [1.807, 2.05) is 12.3 Å². The first-order valence-electron chi connectivity index (χ1n) is 6.67. The smallest absolute Gasteiger partial charge is 0.407 e. The van der Waals surface area contributed by atoms with Crippen LogP contribution < -0.4 is 5.32 Å². The molecule has 1 fully saturated rings. The van der Waals surface area contributed by atoms with Crippen LogP contribution in [0.3, 0.4) is 0 Å². The molecule has 7 heteroatoms. The number of likely N-dealkylation sites (tertiary alicyclic amines) is 1. The van der Waals surface area contributed by atoms with E-state index in [-0.39, 0.29) is 6.04 Å². The van der Waals surface area contributed by atoms with Gasteiger partial charge >= 0.3 is 6.09 Å². The minimum absolute atomic E-state index is 0.0628. The van der Waals surface area contributed by atoms with Crippen molar-refractivity contribution in [3.8, 4) is 0 Å². The van der Waals surface area contributed by atoms with E-state index in [2.05, 4.69) is 27.2 Å². The Bertz CT molecular complexity index is 626. The van der Waals surface area contributed by atoms with Crippen molar-refractivity contribution in [3.63, 3.8) is 0 Å². The van der Waals surface area contributed by atoms with Gasteiger partial charge in [0.25, 0.3) is 0 Å². The first-order valence-corrected chi connectivity index (χ1v) is 6.67. The third kappa shape index (κ3) is 2.26. The molecule has 106 valence electrons. The van der Waals surface area contributed by atoms with Crippen molar-refractivity contribution in [3.05, 3.63) is 18.6 Å². The predicted molar refractivity (Wildman–Crippen MR) is 74.7 cm³/mol. The molecule has 3 rings (SSSR count). The van der Waals surface area contributed by atoms with Crippen LogP contribution in [-0.4, -0.2) is 50.2 Å². The molecule has 2 aromatic rings. The molecular formula is C13H17N5O2. The normalized spacial score (nSPS) is 22.9. The lowest BCUT2D eigenvalue weighted by molar-refractivity contribution is 0.122. The second-order valence-electron chi connectivity index (χ2n) is 5.21. The maximum atomic E-state index is 11.1. The Balaban J connectivity index is 1.82. The second kappa shape index (κ2) is 4.99. The van der Waals surface area contributed by atoms with Gasteiger partial charge in [-0.25, -0.2) is 14.8 Å². The van der Waals surface area contributed by atoms with Crippen LogP contribution in [0.4, 0.5) is 10.6 Å². The van der Waals surface area contributed by atoms with Crippen LogP contribution in [0.1, 0.15) is 13.3 Å². The summed E-state index contributed by atoms with van der Waals surface area (Å²) in [4.78, 5) is 24.0. The lowest BCUT2D eigenvalue weighted by Crippen LogP contribution is -2.48. The Morgan fingerprint density at radius 3 is 3.20 bits per heavy atom. The fourth-order valence-corrected chi connectivity index (χ4v) is 2.59. The number of rotatable bonds is 2. The van der Waals surface area contributed by atoms with E-state index in [9.17, 15) is 4.79 Å². The average molecular weight is 275 g/mol. The summed E-state index contributed by atoms with van der Waals surface area (Å²) >= 11 is 0. The fraction of sp³-hybridized carbons (Fsp3) is 0.462. The van der Waals surface area contributed by atoms with E-state index in [1.165, 1.54) is 11.2 Å². The van der Waals surface area contributed by atoms with Gasteiger partial charge in [0.05, 0.1) is 5.39 Å². The number of anilines is 1. The number of hydrogen-bond donors (Lipinski definition) is 3. The van der Waals surface area contributed by atoms with Crippen molar-refractivity contribution in [2.45, 2.75) is 19.4 Å². The third-order valence-corrected chi connectivity index (χ3v) is 3.90. The van der Waals surface area contributed by atoms with Gasteiger partial charge in [-0.3, -0.25) is 0 Å². The molecule has 0 bridgehead atoms. The number of amides is 1. The van der Waals surface area contributed by atoms with Crippen LogP contribution in [0, 0.1) is 5.92 Å². The molecule has 7 nitrogen and oxygen atoms in total. The Hall–Kier alpha value is -2.31. The number of nitrogens with one attached hydrogen (secondary N) is 2. The number of aromatic amines is 1. The molecule has 0 saturated carbocycles. The van der Waals surface area contributed by atoms with Crippen molar-refractivity contribution in [2.75, 3.05) is 18.4 Å². The van der Waals surface area contributed by atoms with Crippen LogP contribution >= 0.6 is 0 Å². The maximum Gasteiger partial charge on any atom is 0.407 e. The van der Waals surface area contributed by atoms with E-state index in [0.717, 1.165) is 23.3 Å². The SMILES string of the molecule is CC1CCN(C(=O)O)CC1Nc1ncnc2[nH]ccc12. The average Bonchev–Trinajstić information content (AvgIpc) is 2.90. The summed E-state index contributed by atoms with van der Waals surface area (Å²) in [6.45, 7) is 3.21. The zero-order valence-corrected chi connectivity index (χ0v) is 11.2. The van der Waals surface area contributed by atoms with Gasteiger partial charge in [-0.15, -0.1) is 0 Å². The van der Waals surface area contributed by atoms with Crippen molar-refractivity contribution in [1.29, 1.82) is 0 Å². The summed E-state index contributed by atoms with van der Waals surface area (Å²) in [5, 5.41) is 13.4. The molecule has 3 N–H and O–H groups in total. The lowest BCUT2D eigenvalue weighted by atomic mass is 9.93. The van der Waals surface area contributed by atoms with Crippen molar-refractivity contribution >= 4 is 22.9 Å². The number of piperidine rings is 1. The van der Waals surface area contributed by atoms with Crippen LogP contribution in [0.5, 0.6) is 0 Å². The predicted octanol–water partition coefficient (Wildman–Crippen LogP) is 1.76. The van der Waals surface area contributed by atoms with Gasteiger partial charge in [0.2, 0.25) is 0 Å². The first kappa shape index (κ1) is 12.7. The molecule has 1 saturated heterocycles. The summed E-state index contributed by atoms with van der Waals surface area (Å²) in [6.07, 6.45) is 3.31. The minimum atomic E-state index is -0.863. The standard InChI is InChI=1S/C13H17N5O2/c1-8-3-5-18(13(19)20)6-10(8)17-12-9-2-4-14-11(9)15-7-16-12/h2,4,7-8,10H,3,5-6H2,1H3,(H,19,20)(H2,14,15,16,17). The number of hydrogen-bond acceptors (Lipinski definition) is 4. The molecule has 3 heterocycles. The molecular weight excluding hydrogens is 258 g/mol. The third-order valence-electron chi connectivity index (χ3n) is 3.90. The summed E-state index contributed by atoms with van der Waals surface area (Å²) in [5.74, 6) is 1.15. The monoisotopic (exact) mass is 275 g/mol. The van der Waals surface area contributed by atoms with E-state index in [0.29, 0.717) is 19.0 Å². The quantitative estimate of drug-likeness (QED) is 0.776. The summed E-state index contributed by atoms with van der Waals surface area (Å²) in [5.41, 5.74) is 0.779. The molecule has 0 radical (unpaired) electrons. The largest absolute Gasteiger partial charge is 0.465 e. The fourth-order valence-electron chi connectivity index (χ4n) is 2.59. The number of H-pyrrole nitrogens is 1. The Kier molecular flexibility index (Phi) is 3.17. The molecule has 0 spiro atoms. The van der Waals surface area contributed by atoms with Crippen LogP contribution in [0.15, 0.2) is 18.6 Å². The van der Waals surface area contributed by atoms with E-state index in [1.54, 1.807) is 0 Å². The van der Waals surface area contributed by atoms with Gasteiger partial charge in [0, 0.05) is 25.3 Å². The highest BCUT2D eigenvalue weighted by Crippen LogP contribution is 2.24. The Morgan fingerprint density at radius 1 is 1.55 bits per heavy atom. The molecule has 0 aromatic carbocycles. The zero-order chi connectivity index (χ0) is 14.1. The molecule has 1 amide bonds. The van der Waals surface area contributed by atoms with Crippen LogP contribution in [0.2, 0.25) is 0 Å². The van der Waals surface area contributed by atoms with Gasteiger partial charge in [0.1, 0.15) is 17.8 Å². The number of nitrogens with zero attached hydrogens (tertiary/aromatic N) is 3. The second-order valence-corrected chi connectivity index (χ2v) is 5.21. The van der Waals surface area contributed by atoms with Gasteiger partial charge < -0.3 is 20.3 Å². The lowest BCUT2D eigenvalue weighted by Gasteiger charge is -2.36. The minimum Gasteiger partial charge on any atom is -0.465 e. The van der Waals surface area contributed by atoms with E-state index < -0.39 is 6.09 Å². The molecule has 2 unspecified atom stereocenters. The zero-order valence-electron chi connectivity index (χ0n) is 11.2. The highest BCUT2D eigenvalue weighted by Gasteiger charge is 2.29. The first-order chi connectivity index (χ1) is 9.65. The van der Waals surface area contributed by atoms with Crippen molar-refractivity contribution in [2.24, 2.45) is 5.92 Å². The van der Waals surface area contributed by atoms with Gasteiger partial charge in [-0.1, -0.05) is 6.92 Å². The molecule has 20 heavy (non-hydrogen) atoms. The van der Waals surface area contributed by atoms with Gasteiger partial charge in [0.15, 0.2) is 0 Å². The molecule has 0 aliphatic carbocycles. The number of carboxylic acid groups (broad SMARTS) is 1. The molecule has 1 aliphatic heterocycles. The van der Waals surface area contributed by atoms with Gasteiger partial charge in [-0.2, -0.15) is 0 Å². The van der Waals surface area contributed by atoms with Crippen molar-refractivity contribution in [1.82, 2.24) is 19.9 Å². The molecule has 2 atom stereocenters. The number of carbonyl (C=O) groups is 1. The Morgan fingerprint density at radius 2 is 2.40 bits per heavy atom. The van der Waals surface area contributed by atoms with E-state index in [4.69, 9.17) is 5.11 Å². The summed E-state index contributed by atoms with van der Waals surface area (Å²) < 4.78 is 0. The van der Waals surface area contributed by atoms with E-state index >= 15 is 0 Å². The molecule has 1 aliphatic rings. The maximum absolute atomic E-state index is 11.1. The number of aromatic nitrogens is 3. The summed E-state index contributed by atoms with van der Waals surface area (Å²) in [6, 6.07) is 1.98. The Labute approximate surface area is 116 Å². The highest BCUT2D eigenvalue weighted by atomic mass is 16.4. The van der Waals surface area contributed by atoms with Crippen LogP contribution in [0.25, 0.3) is 11.0 Å². The molecule has 2 aromatic heterocycles. The number of fused-ring (bicyclic) bond motifs is 1. The highest BCUT2D eigenvalue weighted by molar-refractivity contribution is 5.86. The van der Waals surface area contributed by atoms with Gasteiger partial charge in [-0.05, 0) is 18.4 Å². The van der Waals surface area contributed by atoms with Crippen LogP contribution in [-0.2, 0) is 0 Å². The topological polar surface area (TPSA) is 94.1 Å².